The molecule has 2 rings (SSSR count). The van der Waals surface area contributed by atoms with Crippen LogP contribution in [0.4, 0.5) is 11.5 Å². The number of ether oxygens (including phenoxy) is 1. The third kappa shape index (κ3) is 2.74. The Kier molecular flexibility index (Phi) is 4.06. The molecule has 1 aliphatic heterocycles. The number of anilines is 1. The Morgan fingerprint density at radius 1 is 1.72 bits per heavy atom. The van der Waals surface area contributed by atoms with Crippen LogP contribution in [0.2, 0.25) is 0 Å². The van der Waals surface area contributed by atoms with E-state index in [1.54, 1.807) is 12.3 Å². The molecule has 0 saturated carbocycles. The van der Waals surface area contributed by atoms with Crippen LogP contribution >= 0.6 is 0 Å². The van der Waals surface area contributed by atoms with E-state index in [-0.39, 0.29) is 11.8 Å². The molecule has 1 atom stereocenters. The highest BCUT2D eigenvalue weighted by Gasteiger charge is 2.26. The molecule has 1 N–H and O–H groups in total. The Balaban J connectivity index is 2.18. The molecule has 2 heterocycles. The molecular formula is C11H16N4O3. The quantitative estimate of drug-likeness (QED) is 0.617. The summed E-state index contributed by atoms with van der Waals surface area (Å²) in [4.78, 5) is 16.6. The van der Waals surface area contributed by atoms with E-state index in [9.17, 15) is 10.1 Å². The maximum atomic E-state index is 11.0. The van der Waals surface area contributed by atoms with Crippen molar-refractivity contribution in [3.8, 4) is 0 Å². The Hall–Kier alpha value is -1.73. The van der Waals surface area contributed by atoms with Crippen LogP contribution in [0.25, 0.3) is 0 Å². The van der Waals surface area contributed by atoms with Crippen molar-refractivity contribution in [2.24, 2.45) is 0 Å². The van der Waals surface area contributed by atoms with Crippen LogP contribution in [0.15, 0.2) is 18.3 Å². The van der Waals surface area contributed by atoms with Gasteiger partial charge in [-0.3, -0.25) is 10.1 Å². The number of rotatable bonds is 4. The zero-order valence-electron chi connectivity index (χ0n) is 10.2. The first-order valence-corrected chi connectivity index (χ1v) is 5.83. The lowest BCUT2D eigenvalue weighted by atomic mass is 10.2. The van der Waals surface area contributed by atoms with Gasteiger partial charge in [-0.15, -0.1) is 0 Å². The number of nitrogens with zero attached hydrogens (tertiary/aromatic N) is 3. The molecule has 7 heteroatoms. The number of hydrogen-bond donors (Lipinski definition) is 1. The summed E-state index contributed by atoms with van der Waals surface area (Å²) in [6, 6.07) is 3.05. The topological polar surface area (TPSA) is 80.5 Å². The average molecular weight is 252 g/mol. The van der Waals surface area contributed by atoms with E-state index in [1.807, 2.05) is 11.9 Å². The number of nitrogens with one attached hydrogen (secondary N) is 1. The Morgan fingerprint density at radius 3 is 3.28 bits per heavy atom. The van der Waals surface area contributed by atoms with E-state index in [4.69, 9.17) is 4.74 Å². The molecule has 1 fully saturated rings. The monoisotopic (exact) mass is 252 g/mol. The summed E-state index contributed by atoms with van der Waals surface area (Å²) >= 11 is 0. The van der Waals surface area contributed by atoms with Gasteiger partial charge in [-0.1, -0.05) is 0 Å². The SMILES string of the molecule is CNCC1CN(c2ncccc2[N+](=O)[O-])CCO1. The van der Waals surface area contributed by atoms with E-state index in [2.05, 4.69) is 10.3 Å². The van der Waals surface area contributed by atoms with Crippen LogP contribution in [-0.2, 0) is 4.74 Å². The maximum absolute atomic E-state index is 11.0. The summed E-state index contributed by atoms with van der Waals surface area (Å²) in [6.07, 6.45) is 1.61. The smallest absolute Gasteiger partial charge is 0.311 e. The predicted octanol–water partition coefficient (Wildman–Crippen LogP) is 0.414. The van der Waals surface area contributed by atoms with Gasteiger partial charge in [-0.05, 0) is 13.1 Å². The molecule has 0 bridgehead atoms. The zero-order valence-corrected chi connectivity index (χ0v) is 10.2. The van der Waals surface area contributed by atoms with E-state index >= 15 is 0 Å². The first-order chi connectivity index (χ1) is 8.72. The summed E-state index contributed by atoms with van der Waals surface area (Å²) in [6.45, 7) is 2.51. The lowest BCUT2D eigenvalue weighted by molar-refractivity contribution is -0.384. The lowest BCUT2D eigenvalue weighted by Crippen LogP contribution is -2.46. The largest absolute Gasteiger partial charge is 0.373 e. The van der Waals surface area contributed by atoms with Crippen molar-refractivity contribution < 1.29 is 9.66 Å². The van der Waals surface area contributed by atoms with Gasteiger partial charge in [0.05, 0.1) is 17.6 Å². The molecule has 1 aromatic heterocycles. The van der Waals surface area contributed by atoms with Crippen LogP contribution in [0.1, 0.15) is 0 Å². The maximum Gasteiger partial charge on any atom is 0.311 e. The van der Waals surface area contributed by atoms with Crippen molar-refractivity contribution in [1.82, 2.24) is 10.3 Å². The van der Waals surface area contributed by atoms with Gasteiger partial charge in [0.1, 0.15) is 0 Å². The summed E-state index contributed by atoms with van der Waals surface area (Å²) in [5, 5.41) is 14.0. The standard InChI is InChI=1S/C11H16N4O3/c1-12-7-9-8-14(5-6-18-9)11-10(15(16)17)3-2-4-13-11/h2-4,9,12H,5-8H2,1H3. The Bertz CT molecular complexity index is 425. The molecule has 0 aromatic carbocycles. The van der Waals surface area contributed by atoms with Gasteiger partial charge in [-0.25, -0.2) is 4.98 Å². The summed E-state index contributed by atoms with van der Waals surface area (Å²) in [5.41, 5.74) is 0.0441. The molecule has 0 aliphatic carbocycles. The fraction of sp³-hybridized carbons (Fsp3) is 0.545. The highest BCUT2D eigenvalue weighted by Crippen LogP contribution is 2.26. The Morgan fingerprint density at radius 2 is 2.56 bits per heavy atom. The van der Waals surface area contributed by atoms with Crippen LogP contribution < -0.4 is 10.2 Å². The van der Waals surface area contributed by atoms with Gasteiger partial charge in [0.25, 0.3) is 0 Å². The number of morpholine rings is 1. The molecule has 18 heavy (non-hydrogen) atoms. The molecule has 0 amide bonds. The van der Waals surface area contributed by atoms with Crippen molar-refractivity contribution in [3.63, 3.8) is 0 Å². The van der Waals surface area contributed by atoms with Crippen molar-refractivity contribution in [3.05, 3.63) is 28.4 Å². The first kappa shape index (κ1) is 12.7. The van der Waals surface area contributed by atoms with E-state index < -0.39 is 4.92 Å². The third-order valence-corrected chi connectivity index (χ3v) is 2.83. The predicted molar refractivity (Wildman–Crippen MR) is 66.8 cm³/mol. The van der Waals surface area contributed by atoms with Gasteiger partial charge >= 0.3 is 5.69 Å². The van der Waals surface area contributed by atoms with Crippen LogP contribution in [-0.4, -0.2) is 49.3 Å². The zero-order chi connectivity index (χ0) is 13.0. The van der Waals surface area contributed by atoms with Gasteiger partial charge in [-0.2, -0.15) is 0 Å². The lowest BCUT2D eigenvalue weighted by Gasteiger charge is -2.33. The highest BCUT2D eigenvalue weighted by atomic mass is 16.6. The first-order valence-electron chi connectivity index (χ1n) is 5.83. The van der Waals surface area contributed by atoms with Crippen molar-refractivity contribution in [2.45, 2.75) is 6.10 Å². The summed E-state index contributed by atoms with van der Waals surface area (Å²) in [5.74, 6) is 0.423. The second-order valence-corrected chi connectivity index (χ2v) is 4.10. The molecule has 0 spiro atoms. The highest BCUT2D eigenvalue weighted by molar-refractivity contribution is 5.57. The normalized spacial score (nSPS) is 19.8. The molecule has 1 unspecified atom stereocenters. The van der Waals surface area contributed by atoms with Gasteiger partial charge in [0, 0.05) is 31.9 Å². The molecule has 1 aromatic rings. The minimum Gasteiger partial charge on any atom is -0.373 e. The molecule has 1 aliphatic rings. The van der Waals surface area contributed by atoms with Gasteiger partial charge in [0.15, 0.2) is 0 Å². The van der Waals surface area contributed by atoms with Gasteiger partial charge in [0.2, 0.25) is 5.82 Å². The number of likely N-dealkylation sites (N-methyl/N-ethyl adjacent to an activating group) is 1. The van der Waals surface area contributed by atoms with Crippen LogP contribution in [0.3, 0.4) is 0 Å². The second kappa shape index (κ2) is 5.74. The average Bonchev–Trinajstić information content (AvgIpc) is 2.39. The molecule has 0 radical (unpaired) electrons. The van der Waals surface area contributed by atoms with Crippen LogP contribution in [0.5, 0.6) is 0 Å². The van der Waals surface area contributed by atoms with Crippen molar-refractivity contribution in [2.75, 3.05) is 38.2 Å². The molecule has 1 saturated heterocycles. The Labute approximate surface area is 105 Å². The minimum atomic E-state index is -0.398. The van der Waals surface area contributed by atoms with Crippen LogP contribution in [0, 0.1) is 10.1 Å². The minimum absolute atomic E-state index is 0.0327. The van der Waals surface area contributed by atoms with Gasteiger partial charge < -0.3 is 15.0 Å². The molecule has 7 nitrogen and oxygen atoms in total. The fourth-order valence-corrected chi connectivity index (χ4v) is 2.04. The van der Waals surface area contributed by atoms with E-state index in [1.165, 1.54) is 6.07 Å². The van der Waals surface area contributed by atoms with Crippen molar-refractivity contribution >= 4 is 11.5 Å². The second-order valence-electron chi connectivity index (χ2n) is 4.10. The summed E-state index contributed by atoms with van der Waals surface area (Å²) in [7, 11) is 1.85. The number of nitro groups is 1. The third-order valence-electron chi connectivity index (χ3n) is 2.83. The summed E-state index contributed by atoms with van der Waals surface area (Å²) < 4.78 is 5.57. The number of aromatic nitrogens is 1. The van der Waals surface area contributed by atoms with E-state index in [0.29, 0.717) is 25.5 Å². The molecular weight excluding hydrogens is 236 g/mol. The number of pyridine rings is 1. The molecule has 98 valence electrons. The number of hydrogen-bond acceptors (Lipinski definition) is 6. The van der Waals surface area contributed by atoms with Crippen molar-refractivity contribution in [1.29, 1.82) is 0 Å². The fourth-order valence-electron chi connectivity index (χ4n) is 2.04. The van der Waals surface area contributed by atoms with E-state index in [0.717, 1.165) is 6.54 Å².